The van der Waals surface area contributed by atoms with E-state index in [0.717, 1.165) is 12.8 Å². The molecule has 2 N–H and O–H groups in total. The first-order valence-corrected chi connectivity index (χ1v) is 10.2. The van der Waals surface area contributed by atoms with Crippen molar-refractivity contribution in [3.63, 3.8) is 0 Å². The summed E-state index contributed by atoms with van der Waals surface area (Å²) in [5.41, 5.74) is 0. The van der Waals surface area contributed by atoms with Crippen LogP contribution in [0, 0.1) is 0 Å². The van der Waals surface area contributed by atoms with Gasteiger partial charge in [0.05, 0.1) is 12.2 Å². The molecule has 0 aromatic rings. The van der Waals surface area contributed by atoms with Gasteiger partial charge in [-0.05, 0) is 12.8 Å². The van der Waals surface area contributed by atoms with Gasteiger partial charge in [0.15, 0.2) is 0 Å². The number of unbranched alkanes of at least 4 members (excludes halogenated alkanes) is 9. The third-order valence-electron chi connectivity index (χ3n) is 3.30. The van der Waals surface area contributed by atoms with E-state index in [9.17, 15) is 23.1 Å². The molecule has 0 saturated carbocycles. The Morgan fingerprint density at radius 2 is 1.24 bits per heavy atom. The number of aliphatic carboxylic acids is 2. The molecule has 0 aliphatic heterocycles. The maximum Gasteiger partial charge on any atom is 1.00 e. The van der Waals surface area contributed by atoms with Crippen LogP contribution < -0.4 is 34.7 Å². The molecule has 0 aliphatic rings. The number of carbonyl (C=O) groups is 2. The van der Waals surface area contributed by atoms with Gasteiger partial charge in [0.25, 0.3) is 10.1 Å². The third-order valence-corrected chi connectivity index (χ3v) is 4.10. The summed E-state index contributed by atoms with van der Waals surface area (Å²) in [5, 5.41) is 17.4. The minimum absolute atomic E-state index is 0. The SMILES string of the molecule is CCCCCCCCCCCCS(=O)(=O)O.O=C([O-])CCC(=O)O.[Na+]. The average Bonchev–Trinajstić information content (AvgIpc) is 2.46. The predicted octanol–water partition coefficient (Wildman–Crippen LogP) is -0.600. The van der Waals surface area contributed by atoms with Crippen LogP contribution in [0.3, 0.4) is 0 Å². The van der Waals surface area contributed by atoms with E-state index in [2.05, 4.69) is 6.92 Å². The van der Waals surface area contributed by atoms with Crippen molar-refractivity contribution in [2.24, 2.45) is 0 Å². The Balaban J connectivity index is -0.000000457. The minimum atomic E-state index is -3.73. The van der Waals surface area contributed by atoms with Gasteiger partial charge < -0.3 is 15.0 Å². The maximum absolute atomic E-state index is 10.4. The van der Waals surface area contributed by atoms with E-state index < -0.39 is 28.5 Å². The Morgan fingerprint density at radius 3 is 1.52 bits per heavy atom. The van der Waals surface area contributed by atoms with Crippen LogP contribution in [0.2, 0.25) is 0 Å². The molecule has 0 aromatic carbocycles. The van der Waals surface area contributed by atoms with Crippen LogP contribution in [0.5, 0.6) is 0 Å². The van der Waals surface area contributed by atoms with Crippen molar-refractivity contribution >= 4 is 22.1 Å². The second-order valence-corrected chi connectivity index (χ2v) is 7.31. The fourth-order valence-corrected chi connectivity index (χ4v) is 2.55. The number of rotatable bonds is 14. The molecule has 0 radical (unpaired) electrons. The van der Waals surface area contributed by atoms with Crippen molar-refractivity contribution in [2.75, 3.05) is 5.75 Å². The van der Waals surface area contributed by atoms with E-state index in [4.69, 9.17) is 9.66 Å². The van der Waals surface area contributed by atoms with E-state index in [1.54, 1.807) is 0 Å². The van der Waals surface area contributed by atoms with Gasteiger partial charge in [-0.25, -0.2) is 0 Å². The molecule has 144 valence electrons. The van der Waals surface area contributed by atoms with Crippen molar-refractivity contribution in [3.05, 3.63) is 0 Å². The summed E-state index contributed by atoms with van der Waals surface area (Å²) in [6.45, 7) is 2.22. The molecule has 7 nitrogen and oxygen atoms in total. The summed E-state index contributed by atoms with van der Waals surface area (Å²) in [5.74, 6) is -2.52. The van der Waals surface area contributed by atoms with Crippen LogP contribution in [0.1, 0.15) is 84.0 Å². The van der Waals surface area contributed by atoms with E-state index in [0.29, 0.717) is 6.42 Å². The van der Waals surface area contributed by atoms with E-state index in [1.165, 1.54) is 44.9 Å². The van der Waals surface area contributed by atoms with Crippen molar-refractivity contribution in [3.8, 4) is 0 Å². The molecule has 25 heavy (non-hydrogen) atoms. The zero-order valence-corrected chi connectivity index (χ0v) is 18.4. The molecule has 0 heterocycles. The molecule has 0 amide bonds. The molecule has 0 fully saturated rings. The fourth-order valence-electron chi connectivity index (χ4n) is 1.98. The molecule has 0 bridgehead atoms. The average molecular weight is 390 g/mol. The first-order chi connectivity index (χ1) is 11.2. The predicted molar refractivity (Wildman–Crippen MR) is 90.1 cm³/mol. The number of carboxylic acid groups (broad SMARTS) is 2. The quantitative estimate of drug-likeness (QED) is 0.230. The Labute approximate surface area is 173 Å². The summed E-state index contributed by atoms with van der Waals surface area (Å²) in [6, 6.07) is 0. The normalized spacial score (nSPS) is 10.3. The van der Waals surface area contributed by atoms with Crippen LogP contribution in [-0.4, -0.2) is 35.8 Å². The molecule has 0 atom stereocenters. The minimum Gasteiger partial charge on any atom is -0.550 e. The largest absolute Gasteiger partial charge is 1.00 e. The Bertz CT molecular complexity index is 410. The van der Waals surface area contributed by atoms with Crippen LogP contribution in [0.15, 0.2) is 0 Å². The molecule has 0 aromatic heterocycles. The monoisotopic (exact) mass is 390 g/mol. The standard InChI is InChI=1S/C12H26O3S.C4H6O4.Na/c1-2-3-4-5-6-7-8-9-10-11-12-16(13,14)15;5-3(6)1-2-4(7)8;/h2-12H2,1H3,(H,13,14,15);1-2H2,(H,5,6)(H,7,8);/q;;+1/p-1. The number of carboxylic acids is 2. The van der Waals surface area contributed by atoms with Gasteiger partial charge in [0.1, 0.15) is 0 Å². The summed E-state index contributed by atoms with van der Waals surface area (Å²) >= 11 is 0. The second kappa shape index (κ2) is 20.2. The van der Waals surface area contributed by atoms with Gasteiger partial charge in [-0.15, -0.1) is 0 Å². The molecule has 0 saturated heterocycles. The van der Waals surface area contributed by atoms with E-state index in [-0.39, 0.29) is 41.7 Å². The molecule has 0 rings (SSSR count). The van der Waals surface area contributed by atoms with E-state index >= 15 is 0 Å². The zero-order chi connectivity index (χ0) is 18.8. The molecular formula is C16H31NaO7S. The summed E-state index contributed by atoms with van der Waals surface area (Å²) in [7, 11) is -3.73. The van der Waals surface area contributed by atoms with Crippen LogP contribution in [-0.2, 0) is 19.7 Å². The fraction of sp³-hybridized carbons (Fsp3) is 0.875. The first kappa shape index (κ1) is 29.6. The smallest absolute Gasteiger partial charge is 0.550 e. The van der Waals surface area contributed by atoms with Gasteiger partial charge >= 0.3 is 35.5 Å². The van der Waals surface area contributed by atoms with Crippen molar-refractivity contribution in [2.45, 2.75) is 84.0 Å². The Morgan fingerprint density at radius 1 is 0.840 bits per heavy atom. The number of carbonyl (C=O) groups excluding carboxylic acids is 1. The van der Waals surface area contributed by atoms with Crippen molar-refractivity contribution in [1.29, 1.82) is 0 Å². The molecule has 0 unspecified atom stereocenters. The molecule has 9 heteroatoms. The van der Waals surface area contributed by atoms with Crippen LogP contribution >= 0.6 is 0 Å². The molecule has 0 aliphatic carbocycles. The Hall–Kier alpha value is -0.150. The van der Waals surface area contributed by atoms with Crippen molar-refractivity contribution < 1.29 is 62.3 Å². The van der Waals surface area contributed by atoms with Crippen molar-refractivity contribution in [1.82, 2.24) is 0 Å². The van der Waals surface area contributed by atoms with Crippen LogP contribution in [0.4, 0.5) is 0 Å². The first-order valence-electron chi connectivity index (χ1n) is 8.55. The molecular weight excluding hydrogens is 359 g/mol. The zero-order valence-electron chi connectivity index (χ0n) is 15.5. The third kappa shape index (κ3) is 35.7. The second-order valence-electron chi connectivity index (χ2n) is 5.73. The maximum atomic E-state index is 10.4. The summed E-state index contributed by atoms with van der Waals surface area (Å²) in [6.07, 6.45) is 10.9. The van der Waals surface area contributed by atoms with Gasteiger partial charge in [-0.3, -0.25) is 9.35 Å². The van der Waals surface area contributed by atoms with Gasteiger partial charge in [0, 0.05) is 5.97 Å². The number of hydrogen-bond acceptors (Lipinski definition) is 5. The topological polar surface area (TPSA) is 132 Å². The van der Waals surface area contributed by atoms with Crippen LogP contribution in [0.25, 0.3) is 0 Å². The summed E-state index contributed by atoms with van der Waals surface area (Å²) < 4.78 is 29.4. The van der Waals surface area contributed by atoms with Gasteiger partial charge in [0.2, 0.25) is 0 Å². The van der Waals surface area contributed by atoms with Gasteiger partial charge in [-0.2, -0.15) is 8.42 Å². The number of hydrogen-bond donors (Lipinski definition) is 2. The van der Waals surface area contributed by atoms with E-state index in [1.807, 2.05) is 0 Å². The summed E-state index contributed by atoms with van der Waals surface area (Å²) in [4.78, 5) is 19.1. The Kier molecular flexibility index (Phi) is 23.9. The van der Waals surface area contributed by atoms with Gasteiger partial charge in [-0.1, -0.05) is 64.7 Å². The molecule has 0 spiro atoms.